The van der Waals surface area contributed by atoms with Gasteiger partial charge in [0.05, 0.1) is 7.11 Å². The maximum atomic E-state index is 5.16. The molecule has 2 aliphatic rings. The fourth-order valence-electron chi connectivity index (χ4n) is 1.76. The van der Waals surface area contributed by atoms with Gasteiger partial charge in [-0.1, -0.05) is 24.3 Å². The van der Waals surface area contributed by atoms with Gasteiger partial charge in [-0.2, -0.15) is 0 Å². The van der Waals surface area contributed by atoms with Crippen LogP contribution in [-0.4, -0.2) is 7.11 Å². The van der Waals surface area contributed by atoms with Crippen molar-refractivity contribution in [3.63, 3.8) is 0 Å². The summed E-state index contributed by atoms with van der Waals surface area (Å²) in [5.74, 6) is 2.11. The van der Waals surface area contributed by atoms with Crippen LogP contribution >= 0.6 is 0 Å². The molecule has 0 spiro atoms. The Balaban J connectivity index is 0.000000313. The van der Waals surface area contributed by atoms with Gasteiger partial charge in [-0.05, 0) is 75.5 Å². The number of rotatable bonds is 3. The summed E-state index contributed by atoms with van der Waals surface area (Å²) in [5, 5.41) is 0. The third-order valence-corrected chi connectivity index (χ3v) is 2.81. The van der Waals surface area contributed by atoms with E-state index in [9.17, 15) is 0 Å². The van der Waals surface area contributed by atoms with Crippen LogP contribution in [0.1, 0.15) is 5.56 Å². The van der Waals surface area contributed by atoms with Gasteiger partial charge in [-0.3, -0.25) is 0 Å². The predicted octanol–water partition coefficient (Wildman–Crippen LogP) is 4.13. The second-order valence-electron chi connectivity index (χ2n) is 4.29. The molecule has 2 fully saturated rings. The molecule has 0 saturated heterocycles. The zero-order chi connectivity index (χ0) is 14.0. The molecule has 0 unspecified atom stereocenters. The SMILES string of the molecule is COc1cccc(/C=C/[C]2[CH][CH][CH][CH]2)c1.[CH]1[CH][CH][CH][CH]1.[Fe+2]. The molecule has 21 heavy (non-hydrogen) atoms. The maximum Gasteiger partial charge on any atom is 2.00 e. The summed E-state index contributed by atoms with van der Waals surface area (Å²) in [6.07, 6.45) is 22.4. The fourth-order valence-corrected chi connectivity index (χ4v) is 1.76. The van der Waals surface area contributed by atoms with Crippen molar-refractivity contribution in [2.24, 2.45) is 0 Å². The Kier molecular flexibility index (Phi) is 9.54. The number of hydrogen-bond acceptors (Lipinski definition) is 1. The van der Waals surface area contributed by atoms with Gasteiger partial charge in [0, 0.05) is 5.92 Å². The van der Waals surface area contributed by atoms with Crippen LogP contribution < -0.4 is 4.74 Å². The van der Waals surface area contributed by atoms with Crippen LogP contribution in [0.4, 0.5) is 0 Å². The van der Waals surface area contributed by atoms with Crippen LogP contribution in [0.25, 0.3) is 6.08 Å². The van der Waals surface area contributed by atoms with E-state index in [0.717, 1.165) is 11.3 Å². The van der Waals surface area contributed by atoms with E-state index < -0.39 is 0 Å². The molecule has 0 bridgehead atoms. The first-order valence-corrected chi connectivity index (χ1v) is 6.59. The molecule has 1 nitrogen and oxygen atoms in total. The first kappa shape index (κ1) is 18.3. The molecule has 1 aromatic rings. The topological polar surface area (TPSA) is 9.23 Å². The Morgan fingerprint density at radius 2 is 1.43 bits per heavy atom. The van der Waals surface area contributed by atoms with E-state index >= 15 is 0 Å². The average Bonchev–Trinajstić information content (AvgIpc) is 3.21. The van der Waals surface area contributed by atoms with Gasteiger partial charge in [0.15, 0.2) is 0 Å². The third-order valence-electron chi connectivity index (χ3n) is 2.81. The Hall–Kier alpha value is -0.721. The van der Waals surface area contributed by atoms with Crippen LogP contribution in [0.2, 0.25) is 0 Å². The number of ether oxygens (including phenoxy) is 1. The number of benzene rings is 1. The smallest absolute Gasteiger partial charge is 0.497 e. The summed E-state index contributed by atoms with van der Waals surface area (Å²) in [6.45, 7) is 0. The van der Waals surface area contributed by atoms with Crippen LogP contribution in [0, 0.1) is 63.7 Å². The van der Waals surface area contributed by atoms with Gasteiger partial charge < -0.3 is 4.74 Å². The Labute approximate surface area is 140 Å². The van der Waals surface area contributed by atoms with Crippen LogP contribution in [0.3, 0.4) is 0 Å². The van der Waals surface area contributed by atoms with E-state index in [2.05, 4.69) is 31.1 Å². The molecular formula is C19H18FeO+2. The normalized spacial score (nSPS) is 18.1. The minimum atomic E-state index is 0. The minimum Gasteiger partial charge on any atom is -0.497 e. The number of methoxy groups -OCH3 is 1. The summed E-state index contributed by atoms with van der Waals surface area (Å²) in [7, 11) is 1.68. The third kappa shape index (κ3) is 7.20. The second kappa shape index (κ2) is 10.9. The molecule has 0 N–H and O–H groups in total. The minimum absolute atomic E-state index is 0. The molecular weight excluding hydrogens is 300 g/mol. The average molecular weight is 318 g/mol. The van der Waals surface area contributed by atoms with E-state index in [1.807, 2.05) is 63.1 Å². The maximum absolute atomic E-state index is 5.16. The van der Waals surface area contributed by atoms with Gasteiger partial charge in [0.25, 0.3) is 0 Å². The van der Waals surface area contributed by atoms with Crippen molar-refractivity contribution in [2.45, 2.75) is 0 Å². The summed E-state index contributed by atoms with van der Waals surface area (Å²) >= 11 is 0. The van der Waals surface area contributed by atoms with Crippen molar-refractivity contribution in [1.29, 1.82) is 0 Å². The van der Waals surface area contributed by atoms with Crippen LogP contribution in [0.5, 0.6) is 5.75 Å². The van der Waals surface area contributed by atoms with Gasteiger partial charge in [0.2, 0.25) is 0 Å². The van der Waals surface area contributed by atoms with Gasteiger partial charge in [-0.25, -0.2) is 0 Å². The van der Waals surface area contributed by atoms with Crippen LogP contribution in [-0.2, 0) is 17.1 Å². The Bertz CT molecular complexity index is 396. The zero-order valence-electron chi connectivity index (χ0n) is 11.9. The summed E-state index contributed by atoms with van der Waals surface area (Å²) in [6, 6.07) is 8.00. The molecule has 3 rings (SSSR count). The molecule has 106 valence electrons. The van der Waals surface area contributed by atoms with Gasteiger partial charge in [-0.15, -0.1) is 0 Å². The van der Waals surface area contributed by atoms with E-state index in [1.165, 1.54) is 5.92 Å². The second-order valence-corrected chi connectivity index (χ2v) is 4.29. The summed E-state index contributed by atoms with van der Waals surface area (Å²) in [5.41, 5.74) is 1.15. The largest absolute Gasteiger partial charge is 2.00 e. The predicted molar refractivity (Wildman–Crippen MR) is 84.0 cm³/mol. The van der Waals surface area contributed by atoms with Crippen molar-refractivity contribution in [2.75, 3.05) is 7.11 Å². The summed E-state index contributed by atoms with van der Waals surface area (Å²) in [4.78, 5) is 0. The molecule has 0 heterocycles. The molecule has 0 atom stereocenters. The number of allylic oxidation sites excluding steroid dienone is 1. The molecule has 10 radical (unpaired) electrons. The van der Waals surface area contributed by atoms with E-state index in [0.29, 0.717) is 0 Å². The first-order chi connectivity index (χ1) is 9.88. The van der Waals surface area contributed by atoms with Crippen molar-refractivity contribution < 1.29 is 21.8 Å². The van der Waals surface area contributed by atoms with Crippen molar-refractivity contribution in [3.05, 3.63) is 99.6 Å². The quantitative estimate of drug-likeness (QED) is 0.761. The van der Waals surface area contributed by atoms with E-state index in [4.69, 9.17) is 4.74 Å². The van der Waals surface area contributed by atoms with Crippen molar-refractivity contribution >= 4 is 6.08 Å². The van der Waals surface area contributed by atoms with Gasteiger partial charge >= 0.3 is 17.1 Å². The monoisotopic (exact) mass is 318 g/mol. The molecule has 2 saturated carbocycles. The fraction of sp³-hybridized carbons (Fsp3) is 0.0526. The van der Waals surface area contributed by atoms with Gasteiger partial charge in [0.1, 0.15) is 5.75 Å². The first-order valence-electron chi connectivity index (χ1n) is 6.59. The number of hydrogen-bond donors (Lipinski definition) is 0. The summed E-state index contributed by atoms with van der Waals surface area (Å²) < 4.78 is 5.16. The molecule has 2 heteroatoms. The molecule has 0 amide bonds. The van der Waals surface area contributed by atoms with Crippen molar-refractivity contribution in [3.8, 4) is 5.75 Å². The van der Waals surface area contributed by atoms with Crippen molar-refractivity contribution in [1.82, 2.24) is 0 Å². The Morgan fingerprint density at radius 1 is 0.810 bits per heavy atom. The standard InChI is InChI=1S/C14H13O.C5H5.Fe/c1-15-14-8-4-7-13(11-14)10-9-12-5-2-3-6-12;1-2-4-5-3-1;/h2-11H,1H3;1-5H;/q;;+2/b10-9+;;. The van der Waals surface area contributed by atoms with Crippen LogP contribution in [0.15, 0.2) is 30.3 Å². The van der Waals surface area contributed by atoms with E-state index in [1.54, 1.807) is 7.11 Å². The molecule has 1 aromatic carbocycles. The molecule has 2 aliphatic carbocycles. The Morgan fingerprint density at radius 3 is 2.00 bits per heavy atom. The molecule has 0 aromatic heterocycles. The zero-order valence-corrected chi connectivity index (χ0v) is 13.0. The van der Waals surface area contributed by atoms with E-state index in [-0.39, 0.29) is 17.1 Å². The molecule has 0 aliphatic heterocycles.